The van der Waals surface area contributed by atoms with E-state index in [1.54, 1.807) is 24.8 Å². The van der Waals surface area contributed by atoms with Gasteiger partial charge >= 0.3 is 0 Å². The molecule has 0 radical (unpaired) electrons. The summed E-state index contributed by atoms with van der Waals surface area (Å²) in [6.07, 6.45) is 9.18. The van der Waals surface area contributed by atoms with Gasteiger partial charge in [0.05, 0.1) is 35.3 Å². The molecule has 1 aliphatic rings. The molecular weight excluding hydrogens is 388 g/mol. The Bertz CT molecular complexity index is 1080. The highest BCUT2D eigenvalue weighted by atomic mass is 32.2. The summed E-state index contributed by atoms with van der Waals surface area (Å²) in [6.45, 7) is 0.725. The number of anilines is 1. The van der Waals surface area contributed by atoms with Crippen molar-refractivity contribution in [3.8, 4) is 11.1 Å². The number of pyridine rings is 1. The van der Waals surface area contributed by atoms with Gasteiger partial charge in [-0.3, -0.25) is 9.97 Å². The molecule has 4 rings (SSSR count). The average molecular weight is 408 g/mol. The smallest absolute Gasteiger partial charge is 0.113 e. The van der Waals surface area contributed by atoms with Crippen LogP contribution in [0, 0.1) is 5.41 Å². The van der Waals surface area contributed by atoms with Crippen molar-refractivity contribution in [1.29, 1.82) is 5.41 Å². The molecule has 0 aliphatic carbocycles. The Hall–Kier alpha value is -3.63. The van der Waals surface area contributed by atoms with Gasteiger partial charge in [-0.05, 0) is 23.8 Å². The van der Waals surface area contributed by atoms with Crippen molar-refractivity contribution in [1.82, 2.24) is 25.6 Å². The lowest BCUT2D eigenvalue weighted by Gasteiger charge is -2.06. The van der Waals surface area contributed by atoms with Gasteiger partial charge in [-0.2, -0.15) is 0 Å². The van der Waals surface area contributed by atoms with E-state index in [-0.39, 0.29) is 0 Å². The van der Waals surface area contributed by atoms with Crippen molar-refractivity contribution in [2.75, 3.05) is 12.4 Å². The minimum absolute atomic E-state index is 0.519. The second-order valence-electron chi connectivity index (χ2n) is 5.89. The normalized spacial score (nSPS) is 13.0. The van der Waals surface area contributed by atoms with Crippen molar-refractivity contribution >= 4 is 40.6 Å². The van der Waals surface area contributed by atoms with Gasteiger partial charge in [0, 0.05) is 54.2 Å². The molecule has 3 heterocycles. The fourth-order valence-corrected chi connectivity index (χ4v) is 2.82. The summed E-state index contributed by atoms with van der Waals surface area (Å²) in [4.78, 5) is 13.0. The molecule has 148 valence electrons. The molecule has 0 amide bonds. The van der Waals surface area contributed by atoms with E-state index in [1.165, 1.54) is 6.20 Å². The molecule has 3 aromatic rings. The number of hydrogen-bond acceptors (Lipinski definition) is 10. The highest BCUT2D eigenvalue weighted by molar-refractivity contribution is 7.97. The molecule has 0 saturated heterocycles. The van der Waals surface area contributed by atoms with Crippen LogP contribution in [-0.4, -0.2) is 32.4 Å². The Morgan fingerprint density at radius 3 is 2.66 bits per heavy atom. The Kier molecular flexibility index (Phi) is 6.61. The Labute approximate surface area is 171 Å². The highest BCUT2D eigenvalue weighted by Gasteiger charge is 2.06. The zero-order chi connectivity index (χ0) is 20.6. The highest BCUT2D eigenvalue weighted by Crippen LogP contribution is 2.24. The second-order valence-corrected chi connectivity index (χ2v) is 6.51. The van der Waals surface area contributed by atoms with E-state index in [9.17, 15) is 0 Å². The molecule has 8 N–H and O–H groups in total. The number of nitrogens with one attached hydrogen (secondary N) is 3. The lowest BCUT2D eigenvalue weighted by Crippen LogP contribution is -2.12. The maximum absolute atomic E-state index is 8.31. The summed E-state index contributed by atoms with van der Waals surface area (Å²) in [5.41, 5.74) is 16.3. The van der Waals surface area contributed by atoms with Gasteiger partial charge in [-0.1, -0.05) is 6.07 Å². The van der Waals surface area contributed by atoms with Gasteiger partial charge in [0.2, 0.25) is 0 Å². The van der Waals surface area contributed by atoms with Crippen LogP contribution in [0.5, 0.6) is 0 Å². The van der Waals surface area contributed by atoms with Gasteiger partial charge in [0.15, 0.2) is 0 Å². The van der Waals surface area contributed by atoms with Gasteiger partial charge in [0.25, 0.3) is 0 Å². The van der Waals surface area contributed by atoms with Crippen molar-refractivity contribution in [2.24, 2.45) is 5.73 Å². The van der Waals surface area contributed by atoms with Crippen molar-refractivity contribution in [3.05, 3.63) is 66.0 Å². The molecule has 1 aromatic carbocycles. The minimum Gasteiger partial charge on any atom is -0.404 e. The molecule has 0 bridgehead atoms. The third kappa shape index (κ3) is 5.00. The number of fused-ring (bicyclic) bond motifs is 1. The summed E-state index contributed by atoms with van der Waals surface area (Å²) in [7, 11) is 0. The van der Waals surface area contributed by atoms with E-state index < -0.39 is 0 Å². The molecule has 9 nitrogen and oxygen atoms in total. The van der Waals surface area contributed by atoms with E-state index in [2.05, 4.69) is 25.6 Å². The Morgan fingerprint density at radius 2 is 2.03 bits per heavy atom. The monoisotopic (exact) mass is 408 g/mol. The molecule has 10 heteroatoms. The van der Waals surface area contributed by atoms with Gasteiger partial charge in [-0.25, -0.2) is 4.98 Å². The van der Waals surface area contributed by atoms with Crippen LogP contribution < -0.4 is 22.1 Å². The number of rotatable bonds is 4. The lowest BCUT2D eigenvalue weighted by molar-refractivity contribution is 0.665. The first-order valence-electron chi connectivity index (χ1n) is 8.54. The number of benzene rings is 1. The SMILES string of the molecule is N=C/C(=C\N)c1cnc2ccc(-c3cncc(N)c3)cc2n1.OSC1=CNCN1. The number of hydrogen-bond donors (Lipinski definition) is 6. The molecule has 29 heavy (non-hydrogen) atoms. The molecule has 0 unspecified atom stereocenters. The average Bonchev–Trinajstić information content (AvgIpc) is 3.29. The predicted molar refractivity (Wildman–Crippen MR) is 118 cm³/mol. The number of nitrogens with zero attached hydrogens (tertiary/aromatic N) is 3. The van der Waals surface area contributed by atoms with E-state index in [0.29, 0.717) is 17.0 Å². The number of allylic oxidation sites excluding steroid dienone is 1. The quantitative estimate of drug-likeness (QED) is 0.281. The molecule has 0 fully saturated rings. The second kappa shape index (κ2) is 9.53. The standard InChI is InChI=1S/C16H14N6.C3H6N2OS/c17-5-12(6-18)16-9-21-14-2-1-10(4-15(14)22-16)11-3-13(19)8-20-7-11;6-7-3-1-4-2-5-3/h1-9,17H,18-19H2;1,4-6H,2H2/b12-6+,17-5?;. The Balaban J connectivity index is 0.000000290. The fourth-order valence-electron chi connectivity index (χ4n) is 2.54. The molecule has 0 spiro atoms. The minimum atomic E-state index is 0.519. The van der Waals surface area contributed by atoms with Crippen LogP contribution in [-0.2, 0) is 0 Å². The van der Waals surface area contributed by atoms with Gasteiger partial charge < -0.3 is 32.1 Å². The maximum atomic E-state index is 8.31. The van der Waals surface area contributed by atoms with Crippen LogP contribution in [0.4, 0.5) is 5.69 Å². The first kappa shape index (κ1) is 20.1. The summed E-state index contributed by atoms with van der Waals surface area (Å²) in [5.74, 6) is 0. The molecular formula is C19H20N8OS. The summed E-state index contributed by atoms with van der Waals surface area (Å²) < 4.78 is 8.31. The summed E-state index contributed by atoms with van der Waals surface area (Å²) in [6, 6.07) is 7.61. The third-order valence-corrected chi connectivity index (χ3v) is 4.42. The van der Waals surface area contributed by atoms with Crippen LogP contribution >= 0.6 is 12.0 Å². The van der Waals surface area contributed by atoms with E-state index in [0.717, 1.165) is 52.1 Å². The van der Waals surface area contributed by atoms with Crippen LogP contribution in [0.15, 0.2) is 60.3 Å². The van der Waals surface area contributed by atoms with E-state index >= 15 is 0 Å². The third-order valence-electron chi connectivity index (χ3n) is 3.96. The summed E-state index contributed by atoms with van der Waals surface area (Å²) in [5, 5.41) is 13.9. The fraction of sp³-hybridized carbons (Fsp3) is 0.0526. The topological polar surface area (TPSA) is 159 Å². The van der Waals surface area contributed by atoms with Crippen molar-refractivity contribution < 1.29 is 4.55 Å². The molecule has 2 aromatic heterocycles. The Morgan fingerprint density at radius 1 is 1.17 bits per heavy atom. The first-order valence-corrected chi connectivity index (χ1v) is 9.31. The van der Waals surface area contributed by atoms with Crippen LogP contribution in [0.25, 0.3) is 27.7 Å². The van der Waals surface area contributed by atoms with Gasteiger partial charge in [-0.15, -0.1) is 0 Å². The van der Waals surface area contributed by atoms with E-state index in [4.69, 9.17) is 21.4 Å². The van der Waals surface area contributed by atoms with Crippen LogP contribution in [0.3, 0.4) is 0 Å². The van der Waals surface area contributed by atoms with Crippen LogP contribution in [0.1, 0.15) is 5.69 Å². The van der Waals surface area contributed by atoms with E-state index in [1.807, 2.05) is 24.3 Å². The zero-order valence-electron chi connectivity index (χ0n) is 15.3. The first-order chi connectivity index (χ1) is 14.1. The predicted octanol–water partition coefficient (Wildman–Crippen LogP) is 2.36. The molecule has 0 atom stereocenters. The number of nitrogens with two attached hydrogens (primary N) is 2. The number of aromatic nitrogens is 3. The van der Waals surface area contributed by atoms with Crippen molar-refractivity contribution in [3.63, 3.8) is 0 Å². The number of nitrogen functional groups attached to an aromatic ring is 1. The van der Waals surface area contributed by atoms with Crippen molar-refractivity contribution in [2.45, 2.75) is 0 Å². The van der Waals surface area contributed by atoms with Gasteiger partial charge in [0.1, 0.15) is 5.03 Å². The lowest BCUT2D eigenvalue weighted by atomic mass is 10.1. The van der Waals surface area contributed by atoms with Crippen LogP contribution in [0.2, 0.25) is 0 Å². The zero-order valence-corrected chi connectivity index (χ0v) is 16.1. The summed E-state index contributed by atoms with van der Waals surface area (Å²) >= 11 is 0.720. The maximum Gasteiger partial charge on any atom is 0.113 e. The molecule has 1 aliphatic heterocycles. The molecule has 0 saturated carbocycles. The largest absolute Gasteiger partial charge is 0.404 e.